The molecule has 234 valence electrons. The molecule has 11 nitrogen and oxygen atoms in total. The molecular formula is C31H38FN7O4S. The van der Waals surface area contributed by atoms with Crippen LogP contribution in [0.3, 0.4) is 0 Å². The lowest BCUT2D eigenvalue weighted by molar-refractivity contribution is -0.125. The van der Waals surface area contributed by atoms with Crippen LogP contribution >= 0.6 is 0 Å². The van der Waals surface area contributed by atoms with Gasteiger partial charge in [-0.15, -0.1) is 0 Å². The number of aryl methyl sites for hydroxylation is 1. The number of methoxy groups -OCH3 is 1. The first-order valence-corrected chi connectivity index (χ1v) is 16.2. The molecule has 3 heterocycles. The Labute approximate surface area is 256 Å². The summed E-state index contributed by atoms with van der Waals surface area (Å²) >= 11 is 0. The molecule has 0 bridgehead atoms. The molecule has 1 aliphatic rings. The standard InChI is InChI=1S/C31H38FN7O4S/c1-18-13-34-31(36-23-10-8-12-26(27(23)32)44(6,41)42)37-28(18)22-14-33-29-21(22)9-7-11-24(29)35-30(40)25(17-43-5)39-15-19(2)38(4)20(3)16-39/h7-14,19-20,25,33H,15-17H2,1-6H3,(H,35,40)(H,34,36,37)/t19-,20-,25+/m0/s1. The summed E-state index contributed by atoms with van der Waals surface area (Å²) in [6.07, 6.45) is 4.37. The predicted octanol–water partition coefficient (Wildman–Crippen LogP) is 4.20. The minimum absolute atomic E-state index is 0.0543. The van der Waals surface area contributed by atoms with Gasteiger partial charge in [-0.3, -0.25) is 14.6 Å². The highest BCUT2D eigenvalue weighted by molar-refractivity contribution is 7.90. The van der Waals surface area contributed by atoms with Crippen molar-refractivity contribution in [2.45, 2.75) is 43.8 Å². The van der Waals surface area contributed by atoms with Gasteiger partial charge in [0.2, 0.25) is 11.9 Å². The number of carbonyl (C=O) groups is 1. The Hall–Kier alpha value is -3.91. The van der Waals surface area contributed by atoms with Crippen LogP contribution in [0.25, 0.3) is 22.2 Å². The number of hydrogen-bond donors (Lipinski definition) is 3. The van der Waals surface area contributed by atoms with Gasteiger partial charge in [0.15, 0.2) is 15.7 Å². The molecule has 0 radical (unpaired) electrons. The number of hydrogen-bond acceptors (Lipinski definition) is 9. The van der Waals surface area contributed by atoms with Gasteiger partial charge < -0.3 is 20.4 Å². The number of carbonyl (C=O) groups excluding carboxylic acids is 1. The first kappa shape index (κ1) is 31.5. The number of nitrogens with one attached hydrogen (secondary N) is 3. The fourth-order valence-electron chi connectivity index (χ4n) is 5.66. The monoisotopic (exact) mass is 623 g/mol. The second kappa shape index (κ2) is 12.6. The van der Waals surface area contributed by atoms with Gasteiger partial charge in [0.25, 0.3) is 0 Å². The predicted molar refractivity (Wildman–Crippen MR) is 169 cm³/mol. The average molecular weight is 624 g/mol. The number of H-pyrrole nitrogens is 1. The van der Waals surface area contributed by atoms with Crippen LogP contribution in [0.4, 0.5) is 21.7 Å². The van der Waals surface area contributed by atoms with Gasteiger partial charge in [-0.05, 0) is 51.6 Å². The number of ether oxygens (including phenoxy) is 1. The number of aromatic amines is 1. The second-order valence-electron chi connectivity index (χ2n) is 11.4. The Morgan fingerprint density at radius 1 is 1.16 bits per heavy atom. The Bertz CT molecular complexity index is 1780. The highest BCUT2D eigenvalue weighted by atomic mass is 32.2. The number of likely N-dealkylation sites (N-methyl/N-ethyl adjacent to an activating group) is 1. The Morgan fingerprint density at radius 2 is 1.84 bits per heavy atom. The Balaban J connectivity index is 1.43. The van der Waals surface area contributed by atoms with Crippen LogP contribution in [-0.4, -0.2) is 97.3 Å². The molecule has 1 saturated heterocycles. The van der Waals surface area contributed by atoms with E-state index in [1.54, 1.807) is 19.5 Å². The third-order valence-corrected chi connectivity index (χ3v) is 9.38. The van der Waals surface area contributed by atoms with Crippen LogP contribution in [0.5, 0.6) is 0 Å². The van der Waals surface area contributed by atoms with Crippen molar-refractivity contribution >= 4 is 44.0 Å². The largest absolute Gasteiger partial charge is 0.383 e. The van der Waals surface area contributed by atoms with Gasteiger partial charge in [-0.25, -0.2) is 22.8 Å². The molecule has 3 N–H and O–H groups in total. The molecule has 1 amide bonds. The number of halogens is 1. The van der Waals surface area contributed by atoms with Crippen LogP contribution in [0.2, 0.25) is 0 Å². The number of benzene rings is 2. The van der Waals surface area contributed by atoms with E-state index < -0.39 is 26.6 Å². The number of rotatable bonds is 9. The Morgan fingerprint density at radius 3 is 2.52 bits per heavy atom. The molecule has 3 atom stereocenters. The van der Waals surface area contributed by atoms with Gasteiger partial charge in [-0.1, -0.05) is 18.2 Å². The Kier molecular flexibility index (Phi) is 9.02. The summed E-state index contributed by atoms with van der Waals surface area (Å²) in [4.78, 5) is 30.0. The van der Waals surface area contributed by atoms with Crippen LogP contribution in [0.15, 0.2) is 53.7 Å². The number of amides is 1. The molecule has 5 rings (SSSR count). The van der Waals surface area contributed by atoms with Crippen molar-refractivity contribution in [1.29, 1.82) is 0 Å². The van der Waals surface area contributed by atoms with Crippen LogP contribution < -0.4 is 10.6 Å². The zero-order chi connectivity index (χ0) is 31.8. The molecule has 0 saturated carbocycles. The van der Waals surface area contributed by atoms with Gasteiger partial charge in [-0.2, -0.15) is 0 Å². The van der Waals surface area contributed by atoms with E-state index in [4.69, 9.17) is 4.74 Å². The molecule has 1 aliphatic heterocycles. The van der Waals surface area contributed by atoms with Crippen LogP contribution in [-0.2, 0) is 19.4 Å². The second-order valence-corrected chi connectivity index (χ2v) is 13.4. The minimum atomic E-state index is -3.76. The van der Waals surface area contributed by atoms with Gasteiger partial charge in [0.05, 0.1) is 29.2 Å². The van der Waals surface area contributed by atoms with Crippen molar-refractivity contribution in [3.8, 4) is 11.3 Å². The van der Waals surface area contributed by atoms with Crippen molar-refractivity contribution in [3.05, 3.63) is 60.2 Å². The molecular weight excluding hydrogens is 585 g/mol. The smallest absolute Gasteiger partial charge is 0.244 e. The van der Waals surface area contributed by atoms with Crippen molar-refractivity contribution < 1.29 is 22.3 Å². The number of sulfone groups is 1. The van der Waals surface area contributed by atoms with Gasteiger partial charge in [0.1, 0.15) is 10.9 Å². The van der Waals surface area contributed by atoms with Crippen molar-refractivity contribution in [1.82, 2.24) is 24.8 Å². The third kappa shape index (κ3) is 6.32. The lowest BCUT2D eigenvalue weighted by Gasteiger charge is -2.44. The molecule has 0 spiro atoms. The first-order valence-electron chi connectivity index (χ1n) is 14.3. The number of nitrogens with zero attached hydrogens (tertiary/aromatic N) is 4. The SMILES string of the molecule is COC[C@H](C(=O)Nc1cccc2c(-c3nc(Nc4cccc(S(C)(=O)=O)c4F)ncc3C)c[nH]c12)N1C[C@H](C)N(C)[C@@H](C)C1. The number of para-hydroxylation sites is 1. The molecule has 13 heteroatoms. The quantitative estimate of drug-likeness (QED) is 0.251. The van der Waals surface area contributed by atoms with Crippen LogP contribution in [0.1, 0.15) is 19.4 Å². The van der Waals surface area contributed by atoms with E-state index in [1.165, 1.54) is 18.2 Å². The van der Waals surface area contributed by atoms with Gasteiger partial charge in [0, 0.05) is 61.9 Å². The van der Waals surface area contributed by atoms with E-state index >= 15 is 0 Å². The summed E-state index contributed by atoms with van der Waals surface area (Å²) in [5.41, 5.74) is 3.43. The summed E-state index contributed by atoms with van der Waals surface area (Å²) in [5, 5.41) is 6.75. The summed E-state index contributed by atoms with van der Waals surface area (Å²) in [5.74, 6) is -0.949. The highest BCUT2D eigenvalue weighted by Crippen LogP contribution is 2.34. The topological polar surface area (TPSA) is 133 Å². The van der Waals surface area contributed by atoms with E-state index in [2.05, 4.69) is 56.3 Å². The maximum Gasteiger partial charge on any atom is 0.244 e. The molecule has 2 aromatic carbocycles. The van der Waals surface area contributed by atoms with Crippen molar-refractivity contribution in [3.63, 3.8) is 0 Å². The zero-order valence-electron chi connectivity index (χ0n) is 25.7. The normalized spacial score (nSPS) is 18.8. The lowest BCUT2D eigenvalue weighted by atomic mass is 10.1. The highest BCUT2D eigenvalue weighted by Gasteiger charge is 2.34. The van der Waals surface area contributed by atoms with E-state index in [9.17, 15) is 17.6 Å². The zero-order valence-corrected chi connectivity index (χ0v) is 26.5. The molecule has 1 fully saturated rings. The van der Waals surface area contributed by atoms with E-state index in [0.29, 0.717) is 23.5 Å². The third-order valence-electron chi connectivity index (χ3n) is 8.27. The van der Waals surface area contributed by atoms with Crippen molar-refractivity contribution in [2.75, 3.05) is 50.7 Å². The fourth-order valence-corrected chi connectivity index (χ4v) is 6.43. The molecule has 0 aliphatic carbocycles. The first-order chi connectivity index (χ1) is 20.9. The van der Waals surface area contributed by atoms with E-state index in [-0.39, 0.29) is 24.1 Å². The summed E-state index contributed by atoms with van der Waals surface area (Å²) < 4.78 is 44.4. The number of aromatic nitrogens is 3. The number of piperazine rings is 1. The summed E-state index contributed by atoms with van der Waals surface area (Å²) in [7, 11) is -0.0516. The van der Waals surface area contributed by atoms with E-state index in [0.717, 1.165) is 41.4 Å². The maximum absolute atomic E-state index is 15.0. The molecule has 4 aromatic rings. The number of anilines is 3. The van der Waals surface area contributed by atoms with E-state index in [1.807, 2.05) is 25.1 Å². The molecule has 0 unspecified atom stereocenters. The average Bonchev–Trinajstić information content (AvgIpc) is 3.40. The van der Waals surface area contributed by atoms with Crippen LogP contribution in [0, 0.1) is 12.7 Å². The molecule has 2 aromatic heterocycles. The summed E-state index contributed by atoms with van der Waals surface area (Å²) in [6.45, 7) is 7.96. The maximum atomic E-state index is 15.0. The minimum Gasteiger partial charge on any atom is -0.383 e. The van der Waals surface area contributed by atoms with Crippen molar-refractivity contribution in [2.24, 2.45) is 0 Å². The number of fused-ring (bicyclic) bond motifs is 1. The molecule has 44 heavy (non-hydrogen) atoms. The van der Waals surface area contributed by atoms with Gasteiger partial charge >= 0.3 is 0 Å². The fraction of sp³-hybridized carbons (Fsp3) is 0.387. The lowest BCUT2D eigenvalue weighted by Crippen LogP contribution is -2.60. The summed E-state index contributed by atoms with van der Waals surface area (Å²) in [6, 6.07) is 9.87.